The summed E-state index contributed by atoms with van der Waals surface area (Å²) in [6, 6.07) is 12.0. The fourth-order valence-corrected chi connectivity index (χ4v) is 3.73. The van der Waals surface area contributed by atoms with Gasteiger partial charge in [0.1, 0.15) is 5.75 Å². The van der Waals surface area contributed by atoms with Gasteiger partial charge in [0.05, 0.1) is 18.9 Å². The van der Waals surface area contributed by atoms with Crippen molar-refractivity contribution < 1.29 is 9.53 Å². The second-order valence-corrected chi connectivity index (χ2v) is 6.55. The molecule has 120 valence electrons. The second-order valence-electron chi connectivity index (χ2n) is 5.50. The van der Waals surface area contributed by atoms with Crippen LogP contribution in [0.3, 0.4) is 0 Å². The molecule has 4 nitrogen and oxygen atoms in total. The van der Waals surface area contributed by atoms with Crippen LogP contribution in [0.15, 0.2) is 53.7 Å². The first kappa shape index (κ1) is 15.9. The van der Waals surface area contributed by atoms with Gasteiger partial charge in [-0.1, -0.05) is 12.1 Å². The molecule has 1 aromatic carbocycles. The van der Waals surface area contributed by atoms with Crippen molar-refractivity contribution in [3.8, 4) is 5.75 Å². The maximum Gasteiger partial charge on any atom is 0.233 e. The highest BCUT2D eigenvalue weighted by atomic mass is 32.2. The van der Waals surface area contributed by atoms with Crippen molar-refractivity contribution in [2.75, 3.05) is 19.4 Å². The molecule has 5 heteroatoms. The van der Waals surface area contributed by atoms with Crippen LogP contribution in [0, 0.1) is 0 Å². The number of pyridine rings is 1. The molecule has 1 aromatic heterocycles. The van der Waals surface area contributed by atoms with Crippen molar-refractivity contribution in [1.82, 2.24) is 9.88 Å². The van der Waals surface area contributed by atoms with E-state index in [4.69, 9.17) is 4.74 Å². The normalized spacial score (nSPS) is 17.3. The van der Waals surface area contributed by atoms with Crippen molar-refractivity contribution >= 4 is 17.7 Å². The Kier molecular flexibility index (Phi) is 5.18. The van der Waals surface area contributed by atoms with Gasteiger partial charge >= 0.3 is 0 Å². The number of ether oxygens (including phenoxy) is 1. The number of likely N-dealkylation sites (tertiary alicyclic amines) is 1. The lowest BCUT2D eigenvalue weighted by Crippen LogP contribution is -2.32. The molecule has 0 saturated carbocycles. The van der Waals surface area contributed by atoms with Crippen molar-refractivity contribution in [2.24, 2.45) is 0 Å². The van der Waals surface area contributed by atoms with E-state index in [0.29, 0.717) is 5.75 Å². The van der Waals surface area contributed by atoms with Crippen LogP contribution in [0.1, 0.15) is 24.4 Å². The predicted octanol–water partition coefficient (Wildman–Crippen LogP) is 3.55. The van der Waals surface area contributed by atoms with Gasteiger partial charge in [-0.3, -0.25) is 9.78 Å². The fraction of sp³-hybridized carbons (Fsp3) is 0.333. The van der Waals surface area contributed by atoms with Crippen LogP contribution in [0.5, 0.6) is 5.75 Å². The molecule has 23 heavy (non-hydrogen) atoms. The van der Waals surface area contributed by atoms with E-state index in [1.165, 1.54) is 0 Å². The number of thioether (sulfide) groups is 1. The average molecular weight is 328 g/mol. The molecule has 1 amide bonds. The van der Waals surface area contributed by atoms with Crippen molar-refractivity contribution in [1.29, 1.82) is 0 Å². The monoisotopic (exact) mass is 328 g/mol. The number of hydrogen-bond acceptors (Lipinski definition) is 4. The van der Waals surface area contributed by atoms with Crippen LogP contribution in [0.4, 0.5) is 0 Å². The number of carbonyl (C=O) groups is 1. The molecule has 1 unspecified atom stereocenters. The van der Waals surface area contributed by atoms with E-state index in [1.54, 1.807) is 25.1 Å². The molecular weight excluding hydrogens is 308 g/mol. The number of aromatic nitrogens is 1. The Morgan fingerprint density at radius 1 is 1.39 bits per heavy atom. The third kappa shape index (κ3) is 3.85. The number of carbonyl (C=O) groups excluding carboxylic acids is 1. The zero-order chi connectivity index (χ0) is 16.1. The minimum atomic E-state index is 0.169. The van der Waals surface area contributed by atoms with Gasteiger partial charge in [0.2, 0.25) is 5.91 Å². The zero-order valence-corrected chi connectivity index (χ0v) is 14.0. The van der Waals surface area contributed by atoms with Crippen molar-refractivity contribution in [3.63, 3.8) is 0 Å². The van der Waals surface area contributed by atoms with Crippen LogP contribution in [-0.2, 0) is 4.79 Å². The summed E-state index contributed by atoms with van der Waals surface area (Å²) in [6.07, 6.45) is 5.70. The predicted molar refractivity (Wildman–Crippen MR) is 91.6 cm³/mol. The Bertz CT molecular complexity index is 663. The first-order valence-corrected chi connectivity index (χ1v) is 8.73. The van der Waals surface area contributed by atoms with Crippen LogP contribution >= 0.6 is 11.8 Å². The standard InChI is InChI=1S/C18H20N2O2S/c1-22-15-6-2-7-16(11-15)23-13-18(21)20-10-4-8-17(20)14-5-3-9-19-12-14/h2-3,5-7,9,11-12,17H,4,8,10,13H2,1H3. The average Bonchev–Trinajstić information content (AvgIpc) is 3.10. The molecule has 3 rings (SSSR count). The maximum absolute atomic E-state index is 12.6. The maximum atomic E-state index is 12.6. The van der Waals surface area contributed by atoms with Crippen LogP contribution < -0.4 is 4.74 Å². The van der Waals surface area contributed by atoms with Crippen LogP contribution in [-0.4, -0.2) is 35.2 Å². The zero-order valence-electron chi connectivity index (χ0n) is 13.1. The molecule has 1 saturated heterocycles. The van der Waals surface area contributed by atoms with Crippen molar-refractivity contribution in [2.45, 2.75) is 23.8 Å². The van der Waals surface area contributed by atoms with Crippen LogP contribution in [0.2, 0.25) is 0 Å². The Labute approximate surface area is 140 Å². The lowest BCUT2D eigenvalue weighted by atomic mass is 10.1. The van der Waals surface area contributed by atoms with E-state index in [9.17, 15) is 4.79 Å². The molecule has 1 aliphatic heterocycles. The highest BCUT2D eigenvalue weighted by molar-refractivity contribution is 8.00. The molecule has 2 heterocycles. The Morgan fingerprint density at radius 2 is 2.30 bits per heavy atom. The lowest BCUT2D eigenvalue weighted by molar-refractivity contribution is -0.129. The molecule has 0 radical (unpaired) electrons. The SMILES string of the molecule is COc1cccc(SCC(=O)N2CCCC2c2cccnc2)c1. The first-order valence-electron chi connectivity index (χ1n) is 7.74. The summed E-state index contributed by atoms with van der Waals surface area (Å²) in [7, 11) is 1.65. The van der Waals surface area contributed by atoms with E-state index >= 15 is 0 Å². The lowest BCUT2D eigenvalue weighted by Gasteiger charge is -2.24. The van der Waals surface area contributed by atoms with Gasteiger partial charge in [-0.15, -0.1) is 11.8 Å². The Morgan fingerprint density at radius 3 is 3.09 bits per heavy atom. The third-order valence-corrected chi connectivity index (χ3v) is 5.02. The van der Waals surface area contributed by atoms with Crippen molar-refractivity contribution in [3.05, 3.63) is 54.4 Å². The Hall–Kier alpha value is -2.01. The van der Waals surface area contributed by atoms with Gasteiger partial charge in [0.15, 0.2) is 0 Å². The second kappa shape index (κ2) is 7.51. The summed E-state index contributed by atoms with van der Waals surface area (Å²) in [5.74, 6) is 1.45. The molecule has 1 aliphatic rings. The summed E-state index contributed by atoms with van der Waals surface area (Å²) in [6.45, 7) is 0.830. The number of methoxy groups -OCH3 is 1. The third-order valence-electron chi connectivity index (χ3n) is 4.05. The molecule has 0 spiro atoms. The molecule has 1 fully saturated rings. The number of amides is 1. The summed E-state index contributed by atoms with van der Waals surface area (Å²) >= 11 is 1.56. The largest absolute Gasteiger partial charge is 0.497 e. The molecule has 1 atom stereocenters. The van der Waals surface area contributed by atoms with Gasteiger partial charge in [-0.2, -0.15) is 0 Å². The van der Waals surface area contributed by atoms with Crippen LogP contribution in [0.25, 0.3) is 0 Å². The van der Waals surface area contributed by atoms with E-state index in [1.807, 2.05) is 41.4 Å². The Balaban J connectivity index is 1.63. The number of rotatable bonds is 5. The number of hydrogen-bond donors (Lipinski definition) is 0. The van der Waals surface area contributed by atoms with Gasteiger partial charge in [0, 0.05) is 23.8 Å². The summed E-state index contributed by atoms with van der Waals surface area (Å²) < 4.78 is 5.22. The first-order chi connectivity index (χ1) is 11.3. The molecule has 0 N–H and O–H groups in total. The quantitative estimate of drug-likeness (QED) is 0.787. The fourth-order valence-electron chi connectivity index (χ4n) is 2.90. The molecule has 2 aromatic rings. The highest BCUT2D eigenvalue weighted by Crippen LogP contribution is 2.32. The topological polar surface area (TPSA) is 42.4 Å². The molecule has 0 bridgehead atoms. The minimum Gasteiger partial charge on any atom is -0.497 e. The smallest absolute Gasteiger partial charge is 0.233 e. The summed E-state index contributed by atoms with van der Waals surface area (Å²) in [5, 5.41) is 0. The summed E-state index contributed by atoms with van der Waals surface area (Å²) in [4.78, 5) is 19.8. The number of nitrogens with zero attached hydrogens (tertiary/aromatic N) is 2. The van der Waals surface area contributed by atoms with E-state index in [0.717, 1.165) is 35.6 Å². The van der Waals surface area contributed by atoms with E-state index < -0.39 is 0 Å². The van der Waals surface area contributed by atoms with Gasteiger partial charge < -0.3 is 9.64 Å². The van der Waals surface area contributed by atoms with Gasteiger partial charge in [-0.25, -0.2) is 0 Å². The molecule has 0 aliphatic carbocycles. The molecular formula is C18H20N2O2S. The minimum absolute atomic E-state index is 0.169. The highest BCUT2D eigenvalue weighted by Gasteiger charge is 2.29. The van der Waals surface area contributed by atoms with Gasteiger partial charge in [0.25, 0.3) is 0 Å². The van der Waals surface area contributed by atoms with Gasteiger partial charge in [-0.05, 0) is 42.7 Å². The number of benzene rings is 1. The summed E-state index contributed by atoms with van der Waals surface area (Å²) in [5.41, 5.74) is 1.13. The van der Waals surface area contributed by atoms with E-state index in [-0.39, 0.29) is 11.9 Å². The van der Waals surface area contributed by atoms with E-state index in [2.05, 4.69) is 11.1 Å².